The normalized spacial score (nSPS) is 15.2. The summed E-state index contributed by atoms with van der Waals surface area (Å²) in [6.45, 7) is 5.82. The molecule has 0 saturated carbocycles. The van der Waals surface area contributed by atoms with Gasteiger partial charge in [-0.05, 0) is 24.1 Å². The molecule has 1 atom stereocenters. The first kappa shape index (κ1) is 20.8. The maximum absolute atomic E-state index is 12.8. The smallest absolute Gasteiger partial charge is 0.247 e. The lowest BCUT2D eigenvalue weighted by atomic mass is 10.1. The van der Waals surface area contributed by atoms with Crippen molar-refractivity contribution in [2.45, 2.75) is 32.2 Å². The number of aromatic nitrogens is 3. The quantitative estimate of drug-likeness (QED) is 0.455. The molecule has 2 aromatic carbocycles. The minimum atomic E-state index is -0.679. The van der Waals surface area contributed by atoms with Gasteiger partial charge in [-0.3, -0.25) is 9.69 Å². The van der Waals surface area contributed by atoms with Gasteiger partial charge in [-0.2, -0.15) is 4.98 Å². The van der Waals surface area contributed by atoms with Gasteiger partial charge in [0, 0.05) is 28.3 Å². The number of thioether (sulfide) groups is 1. The Morgan fingerprint density at radius 3 is 2.73 bits per heavy atom. The average Bonchev–Trinajstić information content (AvgIpc) is 2.86. The Morgan fingerprint density at radius 2 is 2.00 bits per heavy atom. The van der Waals surface area contributed by atoms with Crippen molar-refractivity contribution in [2.24, 2.45) is 5.92 Å². The third-order valence-electron chi connectivity index (χ3n) is 4.53. The van der Waals surface area contributed by atoms with Crippen LogP contribution in [0.15, 0.2) is 58.2 Å². The van der Waals surface area contributed by atoms with Crippen LogP contribution in [0.1, 0.15) is 32.6 Å². The first-order valence-corrected chi connectivity index (χ1v) is 11.4. The Balaban J connectivity index is 1.88. The largest absolute Gasteiger partial charge is 0.447 e. The van der Waals surface area contributed by atoms with Gasteiger partial charge in [0.1, 0.15) is 0 Å². The van der Waals surface area contributed by atoms with E-state index in [0.29, 0.717) is 28.3 Å². The molecule has 8 heteroatoms. The monoisotopic (exact) mass is 484 g/mol. The molecule has 6 nitrogen and oxygen atoms in total. The number of halogens is 1. The van der Waals surface area contributed by atoms with Crippen LogP contribution in [0.3, 0.4) is 0 Å². The van der Waals surface area contributed by atoms with Crippen LogP contribution in [0.2, 0.25) is 0 Å². The number of nitrogens with zero attached hydrogens (tertiary/aromatic N) is 4. The molecule has 0 bridgehead atoms. The third-order valence-corrected chi connectivity index (χ3v) is 6.29. The molecule has 0 fully saturated rings. The second-order valence-corrected chi connectivity index (χ2v) is 9.29. The van der Waals surface area contributed by atoms with Crippen molar-refractivity contribution in [3.63, 3.8) is 0 Å². The van der Waals surface area contributed by atoms with Gasteiger partial charge in [-0.1, -0.05) is 71.9 Å². The van der Waals surface area contributed by atoms with Crippen LogP contribution >= 0.6 is 27.7 Å². The number of hydrogen-bond acceptors (Lipinski definition) is 6. The highest BCUT2D eigenvalue weighted by atomic mass is 79.9. The highest BCUT2D eigenvalue weighted by molar-refractivity contribution is 9.10. The summed E-state index contributed by atoms with van der Waals surface area (Å²) in [4.78, 5) is 19.0. The molecule has 0 aliphatic carbocycles. The number of para-hydroxylation sites is 1. The maximum Gasteiger partial charge on any atom is 0.247 e. The Morgan fingerprint density at radius 1 is 1.20 bits per heavy atom. The summed E-state index contributed by atoms with van der Waals surface area (Å²) in [5.41, 5.74) is 2.84. The lowest BCUT2D eigenvalue weighted by molar-refractivity contribution is -0.118. The van der Waals surface area contributed by atoms with Gasteiger partial charge in [0.25, 0.3) is 0 Å². The number of carbonyl (C=O) groups is 1. The second-order valence-electron chi connectivity index (χ2n) is 7.38. The molecular formula is C22H21BrN4O2S. The SMILES string of the molecule is CC(=O)N1c2ccccc2-c2nnc(SCC(C)C)nc2O[C@@H]1c1cccc(Br)c1. The predicted molar refractivity (Wildman–Crippen MR) is 121 cm³/mol. The van der Waals surface area contributed by atoms with Crippen molar-refractivity contribution in [3.8, 4) is 17.1 Å². The zero-order valence-corrected chi connectivity index (χ0v) is 19.3. The molecule has 0 spiro atoms. The fraction of sp³-hybridized carbons (Fsp3) is 0.273. The van der Waals surface area contributed by atoms with Crippen molar-refractivity contribution in [3.05, 3.63) is 58.6 Å². The van der Waals surface area contributed by atoms with E-state index < -0.39 is 6.23 Å². The highest BCUT2D eigenvalue weighted by Crippen LogP contribution is 2.43. The van der Waals surface area contributed by atoms with Gasteiger partial charge in [-0.15, -0.1) is 10.2 Å². The summed E-state index contributed by atoms with van der Waals surface area (Å²) in [6, 6.07) is 15.3. The van der Waals surface area contributed by atoms with Crippen molar-refractivity contribution >= 4 is 39.3 Å². The molecule has 3 aromatic rings. The number of anilines is 1. The topological polar surface area (TPSA) is 68.2 Å². The van der Waals surface area contributed by atoms with Crippen LogP contribution in [-0.2, 0) is 4.79 Å². The molecule has 0 unspecified atom stereocenters. The summed E-state index contributed by atoms with van der Waals surface area (Å²) in [5.74, 6) is 1.62. The van der Waals surface area contributed by atoms with Crippen LogP contribution in [0, 0.1) is 5.92 Å². The fourth-order valence-corrected chi connectivity index (χ4v) is 4.38. The third kappa shape index (κ3) is 4.20. The fourth-order valence-electron chi connectivity index (χ4n) is 3.23. The zero-order chi connectivity index (χ0) is 21.3. The molecule has 2 heterocycles. The molecular weight excluding hydrogens is 464 g/mol. The summed E-state index contributed by atoms with van der Waals surface area (Å²) >= 11 is 5.06. The van der Waals surface area contributed by atoms with Crippen LogP contribution < -0.4 is 9.64 Å². The van der Waals surface area contributed by atoms with Crippen LogP contribution in [-0.4, -0.2) is 26.8 Å². The van der Waals surface area contributed by atoms with Crippen LogP contribution in [0.4, 0.5) is 5.69 Å². The van der Waals surface area contributed by atoms with Gasteiger partial charge >= 0.3 is 0 Å². The van der Waals surface area contributed by atoms with Crippen molar-refractivity contribution in [1.82, 2.24) is 15.2 Å². The highest BCUT2D eigenvalue weighted by Gasteiger charge is 2.34. The number of fused-ring (bicyclic) bond motifs is 3. The van der Waals surface area contributed by atoms with Crippen molar-refractivity contribution in [2.75, 3.05) is 10.7 Å². The minimum Gasteiger partial charge on any atom is -0.447 e. The molecule has 154 valence electrons. The molecule has 1 aliphatic heterocycles. The van der Waals surface area contributed by atoms with Crippen molar-refractivity contribution < 1.29 is 9.53 Å². The second kappa shape index (κ2) is 8.73. The van der Waals surface area contributed by atoms with E-state index in [1.807, 2.05) is 48.5 Å². The van der Waals surface area contributed by atoms with Crippen molar-refractivity contribution in [1.29, 1.82) is 0 Å². The van der Waals surface area contributed by atoms with Gasteiger partial charge in [0.05, 0.1) is 5.69 Å². The van der Waals surface area contributed by atoms with E-state index in [2.05, 4.69) is 45.0 Å². The summed E-state index contributed by atoms with van der Waals surface area (Å²) < 4.78 is 7.26. The van der Waals surface area contributed by atoms with E-state index in [1.165, 1.54) is 6.92 Å². The van der Waals surface area contributed by atoms with Gasteiger partial charge in [0.2, 0.25) is 23.2 Å². The molecule has 1 amide bonds. The molecule has 1 aliphatic rings. The van der Waals surface area contributed by atoms with Crippen LogP contribution in [0.25, 0.3) is 11.3 Å². The first-order chi connectivity index (χ1) is 14.4. The predicted octanol–water partition coefficient (Wildman–Crippen LogP) is 5.49. The van der Waals surface area contributed by atoms with E-state index in [-0.39, 0.29) is 5.91 Å². The van der Waals surface area contributed by atoms with E-state index in [4.69, 9.17) is 4.74 Å². The van der Waals surface area contributed by atoms with Gasteiger partial charge < -0.3 is 4.74 Å². The number of carbonyl (C=O) groups excluding carboxylic acids is 1. The maximum atomic E-state index is 12.8. The molecule has 4 rings (SSSR count). The van der Waals surface area contributed by atoms with E-state index in [9.17, 15) is 4.79 Å². The van der Waals surface area contributed by atoms with Gasteiger partial charge in [0.15, 0.2) is 5.69 Å². The number of rotatable bonds is 4. The molecule has 0 radical (unpaired) electrons. The Labute approximate surface area is 188 Å². The lowest BCUT2D eigenvalue weighted by Crippen LogP contribution is -2.36. The Bertz CT molecular complexity index is 1090. The Kier molecular flexibility index (Phi) is 6.06. The number of amides is 1. The lowest BCUT2D eigenvalue weighted by Gasteiger charge is -2.30. The Hall–Kier alpha value is -2.45. The van der Waals surface area contributed by atoms with E-state index >= 15 is 0 Å². The van der Waals surface area contributed by atoms with Crippen LogP contribution in [0.5, 0.6) is 5.88 Å². The summed E-state index contributed by atoms with van der Waals surface area (Å²) in [7, 11) is 0. The first-order valence-electron chi connectivity index (χ1n) is 9.63. The zero-order valence-electron chi connectivity index (χ0n) is 16.9. The molecule has 30 heavy (non-hydrogen) atoms. The number of benzene rings is 2. The number of ether oxygens (including phenoxy) is 1. The average molecular weight is 485 g/mol. The standard InChI is InChI=1S/C22H21BrN4O2S/c1-13(2)12-30-22-24-20-19(25-26-22)17-9-4-5-10-18(17)27(14(3)28)21(29-20)15-7-6-8-16(23)11-15/h4-11,13,21H,12H2,1-3H3/t21-/m1/s1. The summed E-state index contributed by atoms with van der Waals surface area (Å²) in [6.07, 6.45) is -0.679. The van der Waals surface area contributed by atoms with E-state index in [1.54, 1.807) is 16.7 Å². The molecule has 1 aromatic heterocycles. The van der Waals surface area contributed by atoms with E-state index in [0.717, 1.165) is 21.4 Å². The molecule has 0 saturated heterocycles. The minimum absolute atomic E-state index is 0.136. The summed E-state index contributed by atoms with van der Waals surface area (Å²) in [5, 5.41) is 9.29. The number of hydrogen-bond donors (Lipinski definition) is 0. The molecule has 0 N–H and O–H groups in total. The van der Waals surface area contributed by atoms with Gasteiger partial charge in [-0.25, -0.2) is 0 Å².